The van der Waals surface area contributed by atoms with E-state index >= 15 is 0 Å². The summed E-state index contributed by atoms with van der Waals surface area (Å²) in [5.74, 6) is 2.00. The molecule has 20 heavy (non-hydrogen) atoms. The maximum Gasteiger partial charge on any atom is 0.136 e. The smallest absolute Gasteiger partial charge is 0.136 e. The minimum atomic E-state index is 0.535. The van der Waals surface area contributed by atoms with Gasteiger partial charge in [-0.3, -0.25) is 0 Å². The Kier molecular flexibility index (Phi) is 4.10. The van der Waals surface area contributed by atoms with E-state index in [2.05, 4.69) is 31.9 Å². The second-order valence-corrected chi connectivity index (χ2v) is 5.83. The molecular formula is C16H19BrN2O. The second kappa shape index (κ2) is 6.00. The first-order valence-electron chi connectivity index (χ1n) is 7.09. The van der Waals surface area contributed by atoms with Crippen molar-refractivity contribution < 1.29 is 4.74 Å². The number of nitrogens with zero attached hydrogens (tertiary/aromatic N) is 2. The molecule has 1 aromatic carbocycles. The van der Waals surface area contributed by atoms with Crippen molar-refractivity contribution in [3.63, 3.8) is 0 Å². The molecule has 1 atom stereocenters. The third-order valence-corrected chi connectivity index (χ3v) is 4.79. The third kappa shape index (κ3) is 2.37. The molecule has 1 aromatic heterocycles. The molecule has 1 unspecified atom stereocenters. The van der Waals surface area contributed by atoms with Gasteiger partial charge in [0.05, 0.1) is 7.11 Å². The molecule has 3 rings (SSSR count). The van der Waals surface area contributed by atoms with E-state index < -0.39 is 0 Å². The van der Waals surface area contributed by atoms with Gasteiger partial charge in [-0.15, -0.1) is 0 Å². The first-order valence-corrected chi connectivity index (χ1v) is 8.21. The van der Waals surface area contributed by atoms with Crippen LogP contribution in [0.2, 0.25) is 0 Å². The molecule has 0 spiro atoms. The number of fused-ring (bicyclic) bond motifs is 1. The van der Waals surface area contributed by atoms with Crippen LogP contribution < -0.4 is 9.64 Å². The Balaban J connectivity index is 2.11. The molecule has 4 heteroatoms. The predicted molar refractivity (Wildman–Crippen MR) is 87.1 cm³/mol. The van der Waals surface area contributed by atoms with Gasteiger partial charge in [0.15, 0.2) is 0 Å². The van der Waals surface area contributed by atoms with Crippen LogP contribution in [-0.4, -0.2) is 30.0 Å². The summed E-state index contributed by atoms with van der Waals surface area (Å²) in [7, 11) is 1.72. The number of benzene rings is 1. The maximum atomic E-state index is 5.47. The van der Waals surface area contributed by atoms with E-state index in [0.29, 0.717) is 6.04 Å². The Labute approximate surface area is 128 Å². The number of hydrogen-bond acceptors (Lipinski definition) is 3. The summed E-state index contributed by atoms with van der Waals surface area (Å²) in [6.07, 6.45) is 5.67. The zero-order valence-electron chi connectivity index (χ0n) is 11.7. The minimum Gasteiger partial charge on any atom is -0.496 e. The van der Waals surface area contributed by atoms with Gasteiger partial charge in [-0.25, -0.2) is 4.98 Å². The number of aromatic nitrogens is 1. The number of hydrogen-bond donors (Lipinski definition) is 0. The first kappa shape index (κ1) is 13.7. The van der Waals surface area contributed by atoms with Crippen LogP contribution in [0.3, 0.4) is 0 Å². The molecule has 2 heterocycles. The van der Waals surface area contributed by atoms with Crippen molar-refractivity contribution in [2.75, 3.05) is 23.9 Å². The Morgan fingerprint density at radius 1 is 1.30 bits per heavy atom. The van der Waals surface area contributed by atoms with Gasteiger partial charge in [-0.05, 0) is 31.4 Å². The Morgan fingerprint density at radius 2 is 2.20 bits per heavy atom. The fourth-order valence-corrected chi connectivity index (χ4v) is 3.68. The molecule has 0 bridgehead atoms. The summed E-state index contributed by atoms with van der Waals surface area (Å²) in [5, 5.41) is 3.31. The van der Waals surface area contributed by atoms with Crippen molar-refractivity contribution in [3.8, 4) is 5.75 Å². The molecule has 0 N–H and O–H groups in total. The lowest BCUT2D eigenvalue weighted by Gasteiger charge is -2.36. The van der Waals surface area contributed by atoms with E-state index in [9.17, 15) is 0 Å². The molecule has 1 aliphatic heterocycles. The van der Waals surface area contributed by atoms with E-state index in [-0.39, 0.29) is 0 Å². The molecular weight excluding hydrogens is 316 g/mol. The number of ether oxygens (including phenoxy) is 1. The number of halogens is 1. The van der Waals surface area contributed by atoms with Gasteiger partial charge in [0.25, 0.3) is 0 Å². The summed E-state index contributed by atoms with van der Waals surface area (Å²) in [5.41, 5.74) is 0. The molecule has 1 aliphatic rings. The van der Waals surface area contributed by atoms with Crippen LogP contribution in [0, 0.1) is 0 Å². The lowest BCUT2D eigenvalue weighted by atomic mass is 10.0. The number of rotatable bonds is 3. The van der Waals surface area contributed by atoms with E-state index in [0.717, 1.165) is 28.8 Å². The topological polar surface area (TPSA) is 25.4 Å². The standard InChI is InChI=1S/C16H19BrN2O/c1-20-15-7-4-6-14-13(15)8-9-18-16(14)19-10-3-2-5-12(19)11-17/h4,6-9,12H,2-3,5,10-11H2,1H3. The highest BCUT2D eigenvalue weighted by molar-refractivity contribution is 9.09. The van der Waals surface area contributed by atoms with Crippen LogP contribution in [-0.2, 0) is 0 Å². The molecule has 0 aliphatic carbocycles. The monoisotopic (exact) mass is 334 g/mol. The number of alkyl halides is 1. The molecule has 0 saturated carbocycles. The fourth-order valence-electron chi connectivity index (χ4n) is 3.01. The van der Waals surface area contributed by atoms with Gasteiger partial charge in [-0.1, -0.05) is 28.1 Å². The SMILES string of the molecule is COc1cccc2c(N3CCCCC3CBr)nccc12. The van der Waals surface area contributed by atoms with Crippen molar-refractivity contribution in [1.82, 2.24) is 4.98 Å². The zero-order valence-corrected chi connectivity index (χ0v) is 13.3. The number of piperidine rings is 1. The third-order valence-electron chi connectivity index (χ3n) is 4.04. The van der Waals surface area contributed by atoms with E-state index in [1.807, 2.05) is 24.4 Å². The van der Waals surface area contributed by atoms with Crippen molar-refractivity contribution in [1.29, 1.82) is 0 Å². The van der Waals surface area contributed by atoms with Crippen LogP contribution in [0.4, 0.5) is 5.82 Å². The molecule has 3 nitrogen and oxygen atoms in total. The Morgan fingerprint density at radius 3 is 3.00 bits per heavy atom. The number of pyridine rings is 1. The lowest BCUT2D eigenvalue weighted by molar-refractivity contribution is 0.420. The Hall–Kier alpha value is -1.29. The van der Waals surface area contributed by atoms with Gasteiger partial charge >= 0.3 is 0 Å². The highest BCUT2D eigenvalue weighted by Gasteiger charge is 2.24. The average molecular weight is 335 g/mol. The van der Waals surface area contributed by atoms with Gasteiger partial charge < -0.3 is 9.64 Å². The summed E-state index contributed by atoms with van der Waals surface area (Å²) in [6, 6.07) is 8.75. The predicted octanol–water partition coefficient (Wildman–Crippen LogP) is 4.00. The van der Waals surface area contributed by atoms with E-state index in [1.165, 1.54) is 24.6 Å². The highest BCUT2D eigenvalue weighted by Crippen LogP contribution is 2.34. The van der Waals surface area contributed by atoms with Crippen LogP contribution in [0.25, 0.3) is 10.8 Å². The largest absolute Gasteiger partial charge is 0.496 e. The Bertz CT molecular complexity index is 602. The van der Waals surface area contributed by atoms with Crippen molar-refractivity contribution in [3.05, 3.63) is 30.5 Å². The van der Waals surface area contributed by atoms with E-state index in [1.54, 1.807) is 7.11 Å². The van der Waals surface area contributed by atoms with Gasteiger partial charge in [0, 0.05) is 34.9 Å². The molecule has 1 fully saturated rings. The molecule has 2 aromatic rings. The quantitative estimate of drug-likeness (QED) is 0.793. The highest BCUT2D eigenvalue weighted by atomic mass is 79.9. The number of methoxy groups -OCH3 is 1. The van der Waals surface area contributed by atoms with Crippen LogP contribution in [0.5, 0.6) is 5.75 Å². The molecule has 1 saturated heterocycles. The zero-order chi connectivity index (χ0) is 13.9. The van der Waals surface area contributed by atoms with Crippen molar-refractivity contribution in [2.45, 2.75) is 25.3 Å². The summed E-state index contributed by atoms with van der Waals surface area (Å²) in [4.78, 5) is 7.10. The molecule has 106 valence electrons. The average Bonchev–Trinajstić information content (AvgIpc) is 2.53. The first-order chi connectivity index (χ1) is 9.85. The lowest BCUT2D eigenvalue weighted by Crippen LogP contribution is -2.41. The summed E-state index contributed by atoms with van der Waals surface area (Å²) in [6.45, 7) is 1.08. The fraction of sp³-hybridized carbons (Fsp3) is 0.438. The number of anilines is 1. The second-order valence-electron chi connectivity index (χ2n) is 5.19. The van der Waals surface area contributed by atoms with Gasteiger partial charge in [0.1, 0.15) is 11.6 Å². The van der Waals surface area contributed by atoms with Crippen LogP contribution >= 0.6 is 15.9 Å². The van der Waals surface area contributed by atoms with Gasteiger partial charge in [-0.2, -0.15) is 0 Å². The van der Waals surface area contributed by atoms with E-state index in [4.69, 9.17) is 4.74 Å². The van der Waals surface area contributed by atoms with Gasteiger partial charge in [0.2, 0.25) is 0 Å². The normalized spacial score (nSPS) is 19.3. The maximum absolute atomic E-state index is 5.47. The van der Waals surface area contributed by atoms with Crippen molar-refractivity contribution in [2.24, 2.45) is 0 Å². The molecule has 0 amide bonds. The van der Waals surface area contributed by atoms with Crippen molar-refractivity contribution >= 4 is 32.5 Å². The minimum absolute atomic E-state index is 0.535. The van der Waals surface area contributed by atoms with Crippen LogP contribution in [0.1, 0.15) is 19.3 Å². The summed E-state index contributed by atoms with van der Waals surface area (Å²) >= 11 is 3.65. The summed E-state index contributed by atoms with van der Waals surface area (Å²) < 4.78 is 5.47. The molecule has 0 radical (unpaired) electrons. The van der Waals surface area contributed by atoms with Crippen LogP contribution in [0.15, 0.2) is 30.5 Å².